The number of hydrogen-bond acceptors (Lipinski definition) is 7. The number of aromatic nitrogens is 3. The second-order valence-corrected chi connectivity index (χ2v) is 8.03. The number of fused-ring (bicyclic) bond motifs is 1. The van der Waals surface area contributed by atoms with Crippen molar-refractivity contribution >= 4 is 17.8 Å². The number of anilines is 3. The Bertz CT molecular complexity index is 763. The topological polar surface area (TPSA) is 78.0 Å². The molecule has 0 atom stereocenters. The third-order valence-electron chi connectivity index (χ3n) is 5.72. The van der Waals surface area contributed by atoms with Gasteiger partial charge in [-0.3, -0.25) is 0 Å². The first-order valence-corrected chi connectivity index (χ1v) is 11.1. The number of rotatable bonds is 9. The molecular formula is C22H33N7. The van der Waals surface area contributed by atoms with Crippen molar-refractivity contribution in [2.75, 3.05) is 48.3 Å². The van der Waals surface area contributed by atoms with Gasteiger partial charge in [-0.15, -0.1) is 0 Å². The van der Waals surface area contributed by atoms with Crippen LogP contribution in [0.15, 0.2) is 24.3 Å². The molecule has 0 spiro atoms. The molecular weight excluding hydrogens is 362 g/mol. The highest BCUT2D eigenvalue weighted by Gasteiger charge is 2.23. The lowest BCUT2D eigenvalue weighted by Crippen LogP contribution is -2.44. The monoisotopic (exact) mass is 395 g/mol. The van der Waals surface area contributed by atoms with Gasteiger partial charge in [-0.1, -0.05) is 50.5 Å². The van der Waals surface area contributed by atoms with Crippen LogP contribution < -0.4 is 20.9 Å². The van der Waals surface area contributed by atoms with Crippen LogP contribution in [0.25, 0.3) is 0 Å². The maximum absolute atomic E-state index is 4.77. The van der Waals surface area contributed by atoms with E-state index in [0.717, 1.165) is 57.9 Å². The Morgan fingerprint density at radius 3 is 2.41 bits per heavy atom. The van der Waals surface area contributed by atoms with E-state index in [4.69, 9.17) is 9.97 Å². The molecule has 7 heteroatoms. The van der Waals surface area contributed by atoms with Crippen LogP contribution in [-0.2, 0) is 12.8 Å². The average molecular weight is 396 g/mol. The van der Waals surface area contributed by atoms with E-state index in [1.165, 1.54) is 30.4 Å². The van der Waals surface area contributed by atoms with Gasteiger partial charge < -0.3 is 20.9 Å². The summed E-state index contributed by atoms with van der Waals surface area (Å²) in [6.45, 7) is 6.92. The first-order chi connectivity index (χ1) is 14.3. The van der Waals surface area contributed by atoms with E-state index >= 15 is 0 Å². The van der Waals surface area contributed by atoms with E-state index < -0.39 is 0 Å². The zero-order chi connectivity index (χ0) is 19.9. The largest absolute Gasteiger partial charge is 0.354 e. The highest BCUT2D eigenvalue weighted by atomic mass is 15.3. The van der Waals surface area contributed by atoms with Gasteiger partial charge in [-0.05, 0) is 30.4 Å². The quantitative estimate of drug-likeness (QED) is 0.564. The molecule has 1 aliphatic carbocycles. The zero-order valence-electron chi connectivity index (χ0n) is 17.5. The first-order valence-electron chi connectivity index (χ1n) is 11.1. The molecule has 156 valence electrons. The van der Waals surface area contributed by atoms with Crippen molar-refractivity contribution in [2.45, 2.75) is 51.5 Å². The fraction of sp³-hybridized carbons (Fsp3) is 0.591. The molecule has 29 heavy (non-hydrogen) atoms. The Kier molecular flexibility index (Phi) is 6.77. The molecule has 7 nitrogen and oxygen atoms in total. The van der Waals surface area contributed by atoms with E-state index in [1.807, 2.05) is 0 Å². The minimum absolute atomic E-state index is 0.336. The van der Waals surface area contributed by atoms with Gasteiger partial charge in [-0.25, -0.2) is 0 Å². The van der Waals surface area contributed by atoms with Gasteiger partial charge in [0.1, 0.15) is 0 Å². The van der Waals surface area contributed by atoms with Crippen LogP contribution in [0.1, 0.15) is 43.7 Å². The molecule has 2 aromatic rings. The summed E-state index contributed by atoms with van der Waals surface area (Å²) >= 11 is 0. The second kappa shape index (κ2) is 9.87. The molecule has 2 aliphatic rings. The second-order valence-electron chi connectivity index (χ2n) is 8.03. The highest BCUT2D eigenvalue weighted by Crippen LogP contribution is 2.24. The van der Waals surface area contributed by atoms with Crippen LogP contribution in [0.5, 0.6) is 0 Å². The van der Waals surface area contributed by atoms with E-state index in [-0.39, 0.29) is 0 Å². The van der Waals surface area contributed by atoms with Crippen molar-refractivity contribution in [3.05, 3.63) is 35.4 Å². The molecule has 0 unspecified atom stereocenters. The molecule has 1 fully saturated rings. The number of nitrogens with zero attached hydrogens (tertiary/aromatic N) is 4. The Balaban J connectivity index is 1.45. The SMILES string of the molecule is CCCCCCNc1nc(NC2Cc3ccccc3C2)nc(N2CCNCC2)n1. The summed E-state index contributed by atoms with van der Waals surface area (Å²) in [5.41, 5.74) is 2.85. The zero-order valence-corrected chi connectivity index (χ0v) is 17.5. The van der Waals surface area contributed by atoms with E-state index in [0.29, 0.717) is 17.9 Å². The fourth-order valence-electron chi connectivity index (χ4n) is 4.11. The molecule has 3 N–H and O–H groups in total. The molecule has 1 aromatic heterocycles. The smallest absolute Gasteiger partial charge is 0.232 e. The highest BCUT2D eigenvalue weighted by molar-refractivity contribution is 5.46. The lowest BCUT2D eigenvalue weighted by molar-refractivity contribution is 0.579. The van der Waals surface area contributed by atoms with Crippen molar-refractivity contribution < 1.29 is 0 Å². The summed E-state index contributed by atoms with van der Waals surface area (Å²) in [5, 5.41) is 10.4. The maximum atomic E-state index is 4.77. The Morgan fingerprint density at radius 1 is 0.966 bits per heavy atom. The summed E-state index contributed by atoms with van der Waals surface area (Å²) in [6, 6.07) is 9.02. The number of piperazine rings is 1. The van der Waals surface area contributed by atoms with Crippen molar-refractivity contribution in [3.63, 3.8) is 0 Å². The van der Waals surface area contributed by atoms with Gasteiger partial charge in [0.15, 0.2) is 0 Å². The van der Waals surface area contributed by atoms with E-state index in [1.54, 1.807) is 0 Å². The van der Waals surface area contributed by atoms with Crippen molar-refractivity contribution in [1.82, 2.24) is 20.3 Å². The van der Waals surface area contributed by atoms with Gasteiger partial charge in [0.05, 0.1) is 0 Å². The summed E-state index contributed by atoms with van der Waals surface area (Å²) < 4.78 is 0. The average Bonchev–Trinajstić information content (AvgIpc) is 3.16. The summed E-state index contributed by atoms with van der Waals surface area (Å²) in [4.78, 5) is 16.4. The standard InChI is InChI=1S/C22H33N7/c1-2-3-4-7-10-24-20-26-21(28-22(27-20)29-13-11-23-12-14-29)25-19-15-17-8-5-6-9-18(17)16-19/h5-6,8-9,19,23H,2-4,7,10-16H2,1H3,(H2,24,25,26,27,28). The first kappa shape index (κ1) is 19.9. The Morgan fingerprint density at radius 2 is 1.69 bits per heavy atom. The minimum atomic E-state index is 0.336. The van der Waals surface area contributed by atoms with Crippen LogP contribution in [0.3, 0.4) is 0 Å². The molecule has 1 aromatic carbocycles. The summed E-state index contributed by atoms with van der Waals surface area (Å²) in [6.07, 6.45) is 6.94. The third-order valence-corrected chi connectivity index (χ3v) is 5.72. The molecule has 0 radical (unpaired) electrons. The minimum Gasteiger partial charge on any atom is -0.354 e. The van der Waals surface area contributed by atoms with Crippen molar-refractivity contribution in [2.24, 2.45) is 0 Å². The summed E-state index contributed by atoms with van der Waals surface area (Å²) in [5.74, 6) is 2.14. The van der Waals surface area contributed by atoms with Crippen LogP contribution in [0.2, 0.25) is 0 Å². The molecule has 0 bridgehead atoms. The molecule has 1 saturated heterocycles. The number of nitrogens with one attached hydrogen (secondary N) is 3. The predicted molar refractivity (Wildman–Crippen MR) is 119 cm³/mol. The van der Waals surface area contributed by atoms with E-state index in [9.17, 15) is 0 Å². The van der Waals surface area contributed by atoms with Gasteiger partial charge >= 0.3 is 0 Å². The fourth-order valence-corrected chi connectivity index (χ4v) is 4.11. The third kappa shape index (κ3) is 5.35. The van der Waals surface area contributed by atoms with E-state index in [2.05, 4.69) is 57.0 Å². The van der Waals surface area contributed by atoms with Gasteiger partial charge in [-0.2, -0.15) is 15.0 Å². The Hall–Kier alpha value is -2.41. The van der Waals surface area contributed by atoms with Crippen LogP contribution in [0.4, 0.5) is 17.8 Å². The van der Waals surface area contributed by atoms with Gasteiger partial charge in [0.2, 0.25) is 17.8 Å². The van der Waals surface area contributed by atoms with Crippen LogP contribution in [-0.4, -0.2) is 53.7 Å². The predicted octanol–water partition coefficient (Wildman–Crippen LogP) is 2.85. The van der Waals surface area contributed by atoms with Gasteiger partial charge in [0, 0.05) is 38.8 Å². The molecule has 4 rings (SSSR count). The lowest BCUT2D eigenvalue weighted by atomic mass is 10.1. The summed E-state index contributed by atoms with van der Waals surface area (Å²) in [7, 11) is 0. The van der Waals surface area contributed by atoms with Crippen molar-refractivity contribution in [3.8, 4) is 0 Å². The maximum Gasteiger partial charge on any atom is 0.232 e. The lowest BCUT2D eigenvalue weighted by Gasteiger charge is -2.28. The Labute approximate surface area is 173 Å². The molecule has 0 saturated carbocycles. The van der Waals surface area contributed by atoms with Gasteiger partial charge in [0.25, 0.3) is 0 Å². The van der Waals surface area contributed by atoms with Crippen LogP contribution >= 0.6 is 0 Å². The molecule has 2 heterocycles. The number of hydrogen-bond donors (Lipinski definition) is 3. The normalized spacial score (nSPS) is 16.7. The molecule has 1 aliphatic heterocycles. The van der Waals surface area contributed by atoms with Crippen molar-refractivity contribution in [1.29, 1.82) is 0 Å². The molecule has 0 amide bonds. The van der Waals surface area contributed by atoms with Crippen LogP contribution in [0, 0.1) is 0 Å². The number of unbranched alkanes of at least 4 members (excludes halogenated alkanes) is 3. The number of benzene rings is 1.